The zero-order chi connectivity index (χ0) is 19.1. The molecular weight excluding hydrogens is 336 g/mol. The Morgan fingerprint density at radius 3 is 2.69 bits per heavy atom. The van der Waals surface area contributed by atoms with Gasteiger partial charge in [-0.3, -0.25) is 9.59 Å². The number of nitrogens with two attached hydrogens (primary N) is 2. The van der Waals surface area contributed by atoms with Crippen molar-refractivity contribution < 1.29 is 14.3 Å². The Hall–Kier alpha value is -3.36. The van der Waals surface area contributed by atoms with Crippen LogP contribution in [-0.4, -0.2) is 34.9 Å². The Morgan fingerprint density at radius 1 is 1.31 bits per heavy atom. The van der Waals surface area contributed by atoms with Crippen LogP contribution in [0.25, 0.3) is 0 Å². The van der Waals surface area contributed by atoms with Crippen molar-refractivity contribution in [3.05, 3.63) is 36.0 Å². The molecule has 0 fully saturated rings. The molecule has 0 aliphatic rings. The van der Waals surface area contributed by atoms with Crippen LogP contribution in [0.3, 0.4) is 0 Å². The van der Waals surface area contributed by atoms with Crippen molar-refractivity contribution in [2.75, 3.05) is 17.7 Å². The molecule has 0 aliphatic carbocycles. The number of ether oxygens (including phenoxy) is 1. The lowest BCUT2D eigenvalue weighted by atomic mass is 10.1. The van der Waals surface area contributed by atoms with E-state index in [1.807, 2.05) is 6.92 Å². The molecule has 1 aromatic carbocycles. The van der Waals surface area contributed by atoms with Crippen molar-refractivity contribution in [3.8, 4) is 5.75 Å². The lowest BCUT2D eigenvalue weighted by Crippen LogP contribution is -2.36. The van der Waals surface area contributed by atoms with E-state index in [4.69, 9.17) is 16.2 Å². The third-order valence-electron chi connectivity index (χ3n) is 3.61. The summed E-state index contributed by atoms with van der Waals surface area (Å²) in [7, 11) is 1.55. The molecule has 138 valence electrons. The molecular formula is C17H22N6O3. The number of primary amides is 2. The summed E-state index contributed by atoms with van der Waals surface area (Å²) in [6, 6.07) is 6.49. The molecule has 0 bridgehead atoms. The van der Waals surface area contributed by atoms with E-state index < -0.39 is 17.9 Å². The summed E-state index contributed by atoms with van der Waals surface area (Å²) in [5.74, 6) is -0.168. The summed E-state index contributed by atoms with van der Waals surface area (Å²) in [6.07, 6.45) is 2.59. The van der Waals surface area contributed by atoms with E-state index in [1.54, 1.807) is 31.4 Å². The zero-order valence-electron chi connectivity index (χ0n) is 14.7. The van der Waals surface area contributed by atoms with Crippen LogP contribution in [0.4, 0.5) is 17.5 Å². The van der Waals surface area contributed by atoms with Crippen LogP contribution in [0.2, 0.25) is 0 Å². The molecule has 2 amide bonds. The molecule has 0 radical (unpaired) electrons. The van der Waals surface area contributed by atoms with Gasteiger partial charge in [-0.15, -0.1) is 0 Å². The molecule has 1 unspecified atom stereocenters. The third kappa shape index (κ3) is 4.82. The number of amides is 2. The fraction of sp³-hybridized carbons (Fsp3) is 0.294. The second-order valence-corrected chi connectivity index (χ2v) is 5.57. The van der Waals surface area contributed by atoms with Crippen LogP contribution in [0.15, 0.2) is 30.5 Å². The number of methoxy groups -OCH3 is 1. The Kier molecular flexibility index (Phi) is 6.31. The van der Waals surface area contributed by atoms with Gasteiger partial charge in [0.05, 0.1) is 7.11 Å². The fourth-order valence-corrected chi connectivity index (χ4v) is 2.29. The summed E-state index contributed by atoms with van der Waals surface area (Å²) >= 11 is 0. The number of nitrogens with one attached hydrogen (secondary N) is 2. The first-order valence-electron chi connectivity index (χ1n) is 8.08. The minimum Gasteiger partial charge on any atom is -0.497 e. The van der Waals surface area contributed by atoms with Gasteiger partial charge in [0, 0.05) is 18.0 Å². The molecule has 0 aliphatic heterocycles. The van der Waals surface area contributed by atoms with Crippen LogP contribution in [0.5, 0.6) is 5.75 Å². The summed E-state index contributed by atoms with van der Waals surface area (Å²) in [4.78, 5) is 31.5. The Morgan fingerprint density at radius 2 is 2.08 bits per heavy atom. The molecule has 1 heterocycles. The van der Waals surface area contributed by atoms with Crippen LogP contribution in [0.1, 0.15) is 30.1 Å². The van der Waals surface area contributed by atoms with Crippen molar-refractivity contribution >= 4 is 29.3 Å². The fourth-order valence-electron chi connectivity index (χ4n) is 2.29. The second-order valence-electron chi connectivity index (χ2n) is 5.57. The minimum atomic E-state index is -0.679. The van der Waals surface area contributed by atoms with Crippen LogP contribution in [-0.2, 0) is 4.79 Å². The van der Waals surface area contributed by atoms with Gasteiger partial charge in [0.1, 0.15) is 23.2 Å². The molecule has 2 rings (SSSR count). The normalized spacial score (nSPS) is 11.5. The number of hydrogen-bond acceptors (Lipinski definition) is 7. The molecule has 9 nitrogen and oxygen atoms in total. The van der Waals surface area contributed by atoms with E-state index in [-0.39, 0.29) is 17.3 Å². The number of aromatic nitrogens is 2. The number of rotatable bonds is 9. The van der Waals surface area contributed by atoms with Crippen molar-refractivity contribution in [1.82, 2.24) is 9.97 Å². The first-order valence-corrected chi connectivity index (χ1v) is 8.08. The SMILES string of the molecule is CCCC(Nc1ncc(C(N)=O)c(Nc2cccc(OC)c2)n1)C(N)=O. The first kappa shape index (κ1) is 19.0. The molecule has 0 saturated heterocycles. The minimum absolute atomic E-state index is 0.115. The lowest BCUT2D eigenvalue weighted by molar-refractivity contribution is -0.118. The highest BCUT2D eigenvalue weighted by Gasteiger charge is 2.18. The van der Waals surface area contributed by atoms with E-state index in [0.717, 1.165) is 6.42 Å². The van der Waals surface area contributed by atoms with Crippen molar-refractivity contribution in [3.63, 3.8) is 0 Å². The van der Waals surface area contributed by atoms with E-state index >= 15 is 0 Å². The predicted octanol–water partition coefficient (Wildman–Crippen LogP) is 1.39. The first-order chi connectivity index (χ1) is 12.4. The molecule has 2 aromatic rings. The summed E-state index contributed by atoms with van der Waals surface area (Å²) in [5.41, 5.74) is 11.5. The molecule has 1 atom stereocenters. The van der Waals surface area contributed by atoms with Gasteiger partial charge in [-0.2, -0.15) is 4.98 Å². The monoisotopic (exact) mass is 358 g/mol. The maximum Gasteiger partial charge on any atom is 0.254 e. The maximum absolute atomic E-state index is 11.7. The van der Waals surface area contributed by atoms with Gasteiger partial charge in [-0.05, 0) is 18.6 Å². The molecule has 0 saturated carbocycles. The number of benzene rings is 1. The van der Waals surface area contributed by atoms with E-state index in [2.05, 4.69) is 20.6 Å². The highest BCUT2D eigenvalue weighted by Crippen LogP contribution is 2.23. The molecule has 6 N–H and O–H groups in total. The van der Waals surface area contributed by atoms with Crippen molar-refractivity contribution in [1.29, 1.82) is 0 Å². The number of carbonyl (C=O) groups is 2. The number of nitrogens with zero attached hydrogens (tertiary/aromatic N) is 2. The van der Waals surface area contributed by atoms with Crippen molar-refractivity contribution in [2.45, 2.75) is 25.8 Å². The van der Waals surface area contributed by atoms with Crippen LogP contribution >= 0.6 is 0 Å². The number of anilines is 3. The summed E-state index contributed by atoms with van der Waals surface area (Å²) < 4.78 is 5.17. The standard InChI is InChI=1S/C17H22N6O3/c1-3-5-13(15(19)25)22-17-20-9-12(14(18)24)16(23-17)21-10-6-4-7-11(8-10)26-2/h4,6-9,13H,3,5H2,1-2H3,(H2,18,24)(H2,19,25)(H2,20,21,22,23). The largest absolute Gasteiger partial charge is 0.497 e. The highest BCUT2D eigenvalue weighted by molar-refractivity contribution is 5.98. The van der Waals surface area contributed by atoms with Gasteiger partial charge < -0.3 is 26.8 Å². The van der Waals surface area contributed by atoms with E-state index in [9.17, 15) is 9.59 Å². The van der Waals surface area contributed by atoms with Gasteiger partial charge in [-0.1, -0.05) is 19.4 Å². The van der Waals surface area contributed by atoms with Gasteiger partial charge in [-0.25, -0.2) is 4.98 Å². The number of hydrogen-bond donors (Lipinski definition) is 4. The molecule has 26 heavy (non-hydrogen) atoms. The van der Waals surface area contributed by atoms with Crippen LogP contribution in [0, 0.1) is 0 Å². The van der Waals surface area contributed by atoms with Crippen LogP contribution < -0.4 is 26.8 Å². The predicted molar refractivity (Wildman–Crippen MR) is 98.3 cm³/mol. The Bertz CT molecular complexity index is 796. The van der Waals surface area contributed by atoms with E-state index in [1.165, 1.54) is 6.20 Å². The van der Waals surface area contributed by atoms with Gasteiger partial charge >= 0.3 is 0 Å². The van der Waals surface area contributed by atoms with Gasteiger partial charge in [0.25, 0.3) is 5.91 Å². The average Bonchev–Trinajstić information content (AvgIpc) is 2.61. The number of carbonyl (C=O) groups excluding carboxylic acids is 2. The Labute approximate surface area is 151 Å². The quantitative estimate of drug-likeness (QED) is 0.530. The highest BCUT2D eigenvalue weighted by atomic mass is 16.5. The second kappa shape index (κ2) is 8.65. The topological polar surface area (TPSA) is 145 Å². The third-order valence-corrected chi connectivity index (χ3v) is 3.61. The summed E-state index contributed by atoms with van der Waals surface area (Å²) in [5, 5.41) is 5.90. The van der Waals surface area contributed by atoms with Crippen molar-refractivity contribution in [2.24, 2.45) is 11.5 Å². The van der Waals surface area contributed by atoms with E-state index in [0.29, 0.717) is 17.9 Å². The zero-order valence-corrected chi connectivity index (χ0v) is 14.7. The Balaban J connectivity index is 2.32. The van der Waals surface area contributed by atoms with Gasteiger partial charge in [0.2, 0.25) is 11.9 Å². The molecule has 1 aromatic heterocycles. The average molecular weight is 358 g/mol. The maximum atomic E-state index is 11.7. The lowest BCUT2D eigenvalue weighted by Gasteiger charge is -2.16. The molecule has 9 heteroatoms. The van der Waals surface area contributed by atoms with Gasteiger partial charge in [0.15, 0.2) is 0 Å². The summed E-state index contributed by atoms with van der Waals surface area (Å²) in [6.45, 7) is 1.93. The smallest absolute Gasteiger partial charge is 0.254 e. The molecule has 0 spiro atoms.